The maximum atomic E-state index is 12.8. The van der Waals surface area contributed by atoms with E-state index < -0.39 is 6.04 Å². The van der Waals surface area contributed by atoms with Gasteiger partial charge in [-0.3, -0.25) is 14.3 Å². The second-order valence-electron chi connectivity index (χ2n) is 6.74. The molecule has 2 heterocycles. The molecule has 0 aliphatic carbocycles. The largest absolute Gasteiger partial charge is 0.354 e. The van der Waals surface area contributed by atoms with Crippen molar-refractivity contribution in [2.24, 2.45) is 0 Å². The van der Waals surface area contributed by atoms with Gasteiger partial charge in [0.15, 0.2) is 0 Å². The first-order valence-corrected chi connectivity index (χ1v) is 9.73. The molecule has 1 aliphatic heterocycles. The summed E-state index contributed by atoms with van der Waals surface area (Å²) >= 11 is 12.0. The fourth-order valence-electron chi connectivity index (χ4n) is 3.29. The Balaban J connectivity index is 1.55. The second-order valence-corrected chi connectivity index (χ2v) is 7.61. The van der Waals surface area contributed by atoms with Gasteiger partial charge in [-0.1, -0.05) is 23.2 Å². The van der Waals surface area contributed by atoms with Crippen LogP contribution in [-0.4, -0.2) is 45.6 Å². The summed E-state index contributed by atoms with van der Waals surface area (Å²) in [7, 11) is 0. The molecule has 6 nitrogen and oxygen atoms in total. The van der Waals surface area contributed by atoms with Crippen LogP contribution in [0.25, 0.3) is 0 Å². The number of hydrogen-bond donors (Lipinski definition) is 1. The second kappa shape index (κ2) is 8.76. The van der Waals surface area contributed by atoms with Crippen LogP contribution in [0.1, 0.15) is 35.2 Å². The average Bonchev–Trinajstić information content (AvgIpc) is 3.26. The van der Waals surface area contributed by atoms with Crippen LogP contribution in [0.4, 0.5) is 0 Å². The van der Waals surface area contributed by atoms with Gasteiger partial charge in [-0.25, -0.2) is 0 Å². The number of aryl methyl sites for hydroxylation is 2. The third kappa shape index (κ3) is 5.02. The van der Waals surface area contributed by atoms with Gasteiger partial charge in [-0.2, -0.15) is 5.10 Å². The Morgan fingerprint density at radius 1 is 1.26 bits per heavy atom. The van der Waals surface area contributed by atoms with Crippen LogP contribution in [-0.2, 0) is 11.3 Å². The molecule has 1 N–H and O–H groups in total. The van der Waals surface area contributed by atoms with E-state index in [-0.39, 0.29) is 11.8 Å². The molecule has 1 aliphatic rings. The van der Waals surface area contributed by atoms with Gasteiger partial charge in [0.2, 0.25) is 5.91 Å². The van der Waals surface area contributed by atoms with Crippen LogP contribution in [0, 0.1) is 6.92 Å². The van der Waals surface area contributed by atoms with E-state index in [4.69, 9.17) is 23.2 Å². The van der Waals surface area contributed by atoms with Crippen molar-refractivity contribution in [2.45, 2.75) is 38.8 Å². The topological polar surface area (TPSA) is 67.2 Å². The molecule has 2 amide bonds. The van der Waals surface area contributed by atoms with E-state index in [1.54, 1.807) is 23.1 Å². The van der Waals surface area contributed by atoms with Crippen molar-refractivity contribution in [2.75, 3.05) is 13.1 Å². The lowest BCUT2D eigenvalue weighted by molar-refractivity contribution is -0.124. The SMILES string of the molecule is Cc1cnn(CCCNC(=O)C2CCCN2C(=O)c2cc(Cl)cc(Cl)c2)c1. The summed E-state index contributed by atoms with van der Waals surface area (Å²) in [6.45, 7) is 3.82. The highest BCUT2D eigenvalue weighted by Gasteiger charge is 2.34. The standard InChI is InChI=1S/C19H22Cl2N4O2/c1-13-11-23-24(12-13)6-3-5-22-18(26)17-4-2-7-25(17)19(27)14-8-15(20)10-16(21)9-14/h8-12,17H,2-7H2,1H3,(H,22,26). The van der Waals surface area contributed by atoms with Crippen molar-refractivity contribution in [3.05, 3.63) is 51.8 Å². The van der Waals surface area contributed by atoms with Crippen molar-refractivity contribution >= 4 is 35.0 Å². The van der Waals surface area contributed by atoms with E-state index in [0.717, 1.165) is 24.9 Å². The van der Waals surface area contributed by atoms with E-state index in [1.165, 1.54) is 0 Å². The highest BCUT2D eigenvalue weighted by atomic mass is 35.5. The number of nitrogens with one attached hydrogen (secondary N) is 1. The lowest BCUT2D eigenvalue weighted by Gasteiger charge is -2.24. The molecule has 1 saturated heterocycles. The van der Waals surface area contributed by atoms with E-state index in [2.05, 4.69) is 10.4 Å². The summed E-state index contributed by atoms with van der Waals surface area (Å²) < 4.78 is 1.86. The Bertz CT molecular complexity index is 817. The van der Waals surface area contributed by atoms with Gasteiger partial charge in [-0.05, 0) is 49.9 Å². The van der Waals surface area contributed by atoms with Crippen LogP contribution in [0.5, 0.6) is 0 Å². The monoisotopic (exact) mass is 408 g/mol. The van der Waals surface area contributed by atoms with Crippen molar-refractivity contribution in [1.82, 2.24) is 20.0 Å². The van der Waals surface area contributed by atoms with Gasteiger partial charge in [0, 0.05) is 41.4 Å². The minimum atomic E-state index is -0.456. The molecule has 1 aromatic carbocycles. The molecular formula is C19H22Cl2N4O2. The number of carbonyl (C=O) groups is 2. The van der Waals surface area contributed by atoms with E-state index >= 15 is 0 Å². The van der Waals surface area contributed by atoms with Crippen LogP contribution >= 0.6 is 23.2 Å². The highest BCUT2D eigenvalue weighted by Crippen LogP contribution is 2.24. The molecule has 1 aromatic heterocycles. The summed E-state index contributed by atoms with van der Waals surface area (Å²) in [4.78, 5) is 27.0. The first-order valence-electron chi connectivity index (χ1n) is 8.98. The van der Waals surface area contributed by atoms with E-state index in [9.17, 15) is 9.59 Å². The molecule has 144 valence electrons. The molecule has 1 atom stereocenters. The fourth-order valence-corrected chi connectivity index (χ4v) is 3.81. The molecule has 0 saturated carbocycles. The zero-order valence-electron chi connectivity index (χ0n) is 15.1. The zero-order chi connectivity index (χ0) is 19.4. The smallest absolute Gasteiger partial charge is 0.254 e. The molecule has 0 bridgehead atoms. The summed E-state index contributed by atoms with van der Waals surface area (Å²) in [6.07, 6.45) is 6.00. The third-order valence-electron chi connectivity index (χ3n) is 4.55. The molecule has 3 rings (SSSR count). The lowest BCUT2D eigenvalue weighted by Crippen LogP contribution is -2.46. The predicted octanol–water partition coefficient (Wildman–Crippen LogP) is 3.31. The van der Waals surface area contributed by atoms with E-state index in [0.29, 0.717) is 35.1 Å². The van der Waals surface area contributed by atoms with Gasteiger partial charge in [0.25, 0.3) is 5.91 Å². The predicted molar refractivity (Wildman–Crippen MR) is 105 cm³/mol. The van der Waals surface area contributed by atoms with Gasteiger partial charge in [-0.15, -0.1) is 0 Å². The zero-order valence-corrected chi connectivity index (χ0v) is 16.6. The first-order chi connectivity index (χ1) is 12.9. The van der Waals surface area contributed by atoms with Crippen LogP contribution in [0.2, 0.25) is 10.0 Å². The molecule has 2 aromatic rings. The number of nitrogens with zero attached hydrogens (tertiary/aromatic N) is 3. The van der Waals surface area contributed by atoms with Gasteiger partial charge in [0.05, 0.1) is 6.20 Å². The highest BCUT2D eigenvalue weighted by molar-refractivity contribution is 6.35. The number of aromatic nitrogens is 2. The van der Waals surface area contributed by atoms with Gasteiger partial charge in [0.1, 0.15) is 6.04 Å². The number of rotatable bonds is 6. The normalized spacial score (nSPS) is 16.6. The van der Waals surface area contributed by atoms with Crippen molar-refractivity contribution in [1.29, 1.82) is 0 Å². The molecule has 0 spiro atoms. The molecule has 0 radical (unpaired) electrons. The molecule has 27 heavy (non-hydrogen) atoms. The Kier molecular flexibility index (Phi) is 6.39. The van der Waals surface area contributed by atoms with Crippen LogP contribution < -0.4 is 5.32 Å². The number of halogens is 2. The molecule has 1 unspecified atom stereocenters. The van der Waals surface area contributed by atoms with Crippen LogP contribution in [0.3, 0.4) is 0 Å². The fraction of sp³-hybridized carbons (Fsp3) is 0.421. The Hall–Kier alpha value is -2.05. The van der Waals surface area contributed by atoms with Crippen molar-refractivity contribution in [3.63, 3.8) is 0 Å². The number of carbonyl (C=O) groups excluding carboxylic acids is 2. The van der Waals surface area contributed by atoms with Crippen molar-refractivity contribution in [3.8, 4) is 0 Å². The minimum absolute atomic E-state index is 0.120. The van der Waals surface area contributed by atoms with E-state index in [1.807, 2.05) is 24.0 Å². The quantitative estimate of drug-likeness (QED) is 0.745. The lowest BCUT2D eigenvalue weighted by atomic mass is 10.1. The first kappa shape index (κ1) is 19.7. The Morgan fingerprint density at radius 2 is 2.00 bits per heavy atom. The summed E-state index contributed by atoms with van der Waals surface area (Å²) in [5, 5.41) is 7.96. The number of benzene rings is 1. The molecule has 8 heteroatoms. The number of likely N-dealkylation sites (tertiary alicyclic amines) is 1. The van der Waals surface area contributed by atoms with Crippen LogP contribution in [0.15, 0.2) is 30.6 Å². The minimum Gasteiger partial charge on any atom is -0.354 e. The third-order valence-corrected chi connectivity index (χ3v) is 4.99. The van der Waals surface area contributed by atoms with Gasteiger partial charge >= 0.3 is 0 Å². The van der Waals surface area contributed by atoms with Crippen molar-refractivity contribution < 1.29 is 9.59 Å². The summed E-state index contributed by atoms with van der Waals surface area (Å²) in [6, 6.07) is 4.28. The van der Waals surface area contributed by atoms with Gasteiger partial charge < -0.3 is 10.2 Å². The summed E-state index contributed by atoms with van der Waals surface area (Å²) in [5.74, 6) is -0.338. The average molecular weight is 409 g/mol. The number of amides is 2. The number of hydrogen-bond acceptors (Lipinski definition) is 3. The molecule has 1 fully saturated rings. The Morgan fingerprint density at radius 3 is 2.67 bits per heavy atom. The maximum absolute atomic E-state index is 12.8. The summed E-state index contributed by atoms with van der Waals surface area (Å²) in [5.41, 5.74) is 1.52. The Labute approximate surface area is 168 Å². The maximum Gasteiger partial charge on any atom is 0.254 e. The molecular weight excluding hydrogens is 387 g/mol.